The number of Topliss-reactive ketones (excluding diaryl/α,β-unsaturated/α-hetero) is 1. The zero-order chi connectivity index (χ0) is 24.9. The molecule has 1 N–H and O–H groups in total. The SMILES string of the molecule is CCCOc1ccc(C2/C(=C(\O)c3c(OC)cccc3OC)C(=O)C(=O)N2c2ccccc2)cc1. The molecule has 7 nitrogen and oxygen atoms in total. The highest BCUT2D eigenvalue weighted by Crippen LogP contribution is 2.45. The number of hydrogen-bond donors (Lipinski definition) is 1. The molecular weight excluding hydrogens is 446 g/mol. The molecule has 1 aliphatic rings. The molecule has 35 heavy (non-hydrogen) atoms. The normalized spacial score (nSPS) is 16.9. The van der Waals surface area contributed by atoms with Crippen LogP contribution < -0.4 is 19.1 Å². The molecule has 1 atom stereocenters. The summed E-state index contributed by atoms with van der Waals surface area (Å²) in [7, 11) is 2.92. The summed E-state index contributed by atoms with van der Waals surface area (Å²) >= 11 is 0. The average molecular weight is 474 g/mol. The van der Waals surface area contributed by atoms with Gasteiger partial charge in [0, 0.05) is 5.69 Å². The molecule has 0 spiro atoms. The number of benzene rings is 3. The zero-order valence-electron chi connectivity index (χ0n) is 19.9. The van der Waals surface area contributed by atoms with Gasteiger partial charge in [0.05, 0.1) is 32.4 Å². The average Bonchev–Trinajstić information content (AvgIpc) is 3.17. The topological polar surface area (TPSA) is 85.3 Å². The van der Waals surface area contributed by atoms with Crippen LogP contribution in [-0.4, -0.2) is 37.6 Å². The Hall–Kier alpha value is -4.26. The van der Waals surface area contributed by atoms with Gasteiger partial charge in [0.1, 0.15) is 28.6 Å². The third-order valence-corrected chi connectivity index (χ3v) is 5.81. The van der Waals surface area contributed by atoms with Crippen LogP contribution in [0.4, 0.5) is 5.69 Å². The van der Waals surface area contributed by atoms with Gasteiger partial charge in [0.2, 0.25) is 0 Å². The van der Waals surface area contributed by atoms with Gasteiger partial charge in [-0.05, 0) is 48.4 Å². The van der Waals surface area contributed by atoms with Crippen molar-refractivity contribution in [2.75, 3.05) is 25.7 Å². The number of aliphatic hydroxyl groups excluding tert-OH is 1. The second-order valence-electron chi connectivity index (χ2n) is 7.96. The van der Waals surface area contributed by atoms with Crippen LogP contribution in [0.5, 0.6) is 17.2 Å². The largest absolute Gasteiger partial charge is 0.506 e. The zero-order valence-corrected chi connectivity index (χ0v) is 19.9. The Morgan fingerprint density at radius 3 is 2.09 bits per heavy atom. The van der Waals surface area contributed by atoms with Gasteiger partial charge in [-0.2, -0.15) is 0 Å². The Morgan fingerprint density at radius 1 is 0.886 bits per heavy atom. The van der Waals surface area contributed by atoms with Crippen molar-refractivity contribution >= 4 is 23.1 Å². The van der Waals surface area contributed by atoms with Crippen LogP contribution >= 0.6 is 0 Å². The second-order valence-corrected chi connectivity index (χ2v) is 7.96. The molecule has 0 radical (unpaired) electrons. The number of hydrogen-bond acceptors (Lipinski definition) is 6. The number of methoxy groups -OCH3 is 2. The van der Waals surface area contributed by atoms with E-state index in [0.29, 0.717) is 35.1 Å². The van der Waals surface area contributed by atoms with Gasteiger partial charge in [0.25, 0.3) is 11.7 Å². The van der Waals surface area contributed by atoms with Crippen molar-refractivity contribution in [2.45, 2.75) is 19.4 Å². The lowest BCUT2D eigenvalue weighted by Crippen LogP contribution is -2.29. The number of carbonyl (C=O) groups excluding carboxylic acids is 2. The first-order valence-corrected chi connectivity index (χ1v) is 11.3. The summed E-state index contributed by atoms with van der Waals surface area (Å²) in [6.07, 6.45) is 0.872. The van der Waals surface area contributed by atoms with Gasteiger partial charge in [-0.15, -0.1) is 0 Å². The summed E-state index contributed by atoms with van der Waals surface area (Å²) in [4.78, 5) is 28.1. The van der Waals surface area contributed by atoms with Gasteiger partial charge in [-0.1, -0.05) is 43.3 Å². The fourth-order valence-corrected chi connectivity index (χ4v) is 4.19. The van der Waals surface area contributed by atoms with Crippen molar-refractivity contribution in [2.24, 2.45) is 0 Å². The minimum Gasteiger partial charge on any atom is -0.506 e. The predicted molar refractivity (Wildman–Crippen MR) is 133 cm³/mol. The molecule has 0 bridgehead atoms. The van der Waals surface area contributed by atoms with E-state index in [1.54, 1.807) is 66.7 Å². The summed E-state index contributed by atoms with van der Waals surface area (Å²) in [5.74, 6) is -0.589. The van der Waals surface area contributed by atoms with Gasteiger partial charge in [0.15, 0.2) is 0 Å². The van der Waals surface area contributed by atoms with Gasteiger partial charge < -0.3 is 19.3 Å². The minimum atomic E-state index is -0.868. The summed E-state index contributed by atoms with van der Waals surface area (Å²) in [5, 5.41) is 11.5. The summed E-state index contributed by atoms with van der Waals surface area (Å²) in [6.45, 7) is 2.60. The van der Waals surface area contributed by atoms with Gasteiger partial charge in [-0.3, -0.25) is 14.5 Å². The molecule has 1 heterocycles. The van der Waals surface area contributed by atoms with Crippen molar-refractivity contribution in [3.05, 3.63) is 89.5 Å². The third-order valence-electron chi connectivity index (χ3n) is 5.81. The Kier molecular flexibility index (Phi) is 7.06. The fraction of sp³-hybridized carbons (Fsp3) is 0.214. The predicted octanol–water partition coefficient (Wildman–Crippen LogP) is 5.12. The smallest absolute Gasteiger partial charge is 0.300 e. The first-order chi connectivity index (χ1) is 17.0. The Labute approximate surface area is 204 Å². The maximum atomic E-state index is 13.4. The highest BCUT2D eigenvalue weighted by molar-refractivity contribution is 6.51. The number of para-hydroxylation sites is 1. The van der Waals surface area contributed by atoms with Crippen LogP contribution in [0.2, 0.25) is 0 Å². The molecule has 1 fully saturated rings. The number of nitrogens with zero attached hydrogens (tertiary/aromatic N) is 1. The van der Waals surface area contributed by atoms with Crippen molar-refractivity contribution in [3.8, 4) is 17.2 Å². The number of carbonyl (C=O) groups is 2. The standard InChI is InChI=1S/C28H27NO6/c1-4-17-35-20-15-13-18(14-16-20)25-24(26(30)23-21(33-2)11-8-12-22(23)34-3)27(31)28(32)29(25)19-9-6-5-7-10-19/h5-16,25,30H,4,17H2,1-3H3/b26-24+. The quantitative estimate of drug-likeness (QED) is 0.278. The summed E-state index contributed by atoms with van der Waals surface area (Å²) in [6, 6.07) is 20.2. The molecule has 1 aliphatic heterocycles. The maximum Gasteiger partial charge on any atom is 0.300 e. The highest BCUT2D eigenvalue weighted by Gasteiger charge is 2.47. The monoisotopic (exact) mass is 473 g/mol. The van der Waals surface area contributed by atoms with Crippen molar-refractivity contribution in [1.82, 2.24) is 0 Å². The third kappa shape index (κ3) is 4.45. The summed E-state index contributed by atoms with van der Waals surface area (Å²) in [5.41, 5.74) is 1.34. The minimum absolute atomic E-state index is 0.0520. The number of rotatable bonds is 8. The van der Waals surface area contributed by atoms with E-state index in [1.165, 1.54) is 19.1 Å². The molecule has 7 heteroatoms. The molecule has 0 aliphatic carbocycles. The lowest BCUT2D eigenvalue weighted by Gasteiger charge is -2.26. The lowest BCUT2D eigenvalue weighted by atomic mass is 9.94. The van der Waals surface area contributed by atoms with E-state index >= 15 is 0 Å². The Morgan fingerprint density at radius 2 is 1.51 bits per heavy atom. The molecular formula is C28H27NO6. The lowest BCUT2D eigenvalue weighted by molar-refractivity contribution is -0.132. The maximum absolute atomic E-state index is 13.4. The van der Waals surface area contributed by atoms with Crippen LogP contribution in [0.1, 0.15) is 30.5 Å². The Balaban J connectivity index is 1.93. The molecule has 1 amide bonds. The van der Waals surface area contributed by atoms with Crippen LogP contribution in [0.3, 0.4) is 0 Å². The Bertz CT molecular complexity index is 1230. The van der Waals surface area contributed by atoms with E-state index in [4.69, 9.17) is 14.2 Å². The van der Waals surface area contributed by atoms with E-state index in [-0.39, 0.29) is 16.9 Å². The molecule has 4 rings (SSSR count). The van der Waals surface area contributed by atoms with E-state index in [2.05, 4.69) is 0 Å². The molecule has 3 aromatic carbocycles. The van der Waals surface area contributed by atoms with Crippen LogP contribution in [-0.2, 0) is 9.59 Å². The van der Waals surface area contributed by atoms with Crippen molar-refractivity contribution in [3.63, 3.8) is 0 Å². The van der Waals surface area contributed by atoms with Crippen LogP contribution in [0.15, 0.2) is 78.4 Å². The number of ketones is 1. The van der Waals surface area contributed by atoms with E-state index in [1.807, 2.05) is 13.0 Å². The summed E-state index contributed by atoms with van der Waals surface area (Å²) < 4.78 is 16.6. The number of anilines is 1. The molecule has 0 aromatic heterocycles. The van der Waals surface area contributed by atoms with Crippen LogP contribution in [0.25, 0.3) is 5.76 Å². The first-order valence-electron chi connectivity index (χ1n) is 11.3. The molecule has 1 saturated heterocycles. The van der Waals surface area contributed by atoms with Crippen molar-refractivity contribution < 1.29 is 28.9 Å². The highest BCUT2D eigenvalue weighted by atomic mass is 16.5. The number of amides is 1. The first kappa shape index (κ1) is 23.9. The van der Waals surface area contributed by atoms with Crippen LogP contribution in [0, 0.1) is 0 Å². The number of aliphatic hydroxyl groups is 1. The van der Waals surface area contributed by atoms with Gasteiger partial charge >= 0.3 is 0 Å². The molecule has 0 saturated carbocycles. The molecule has 180 valence electrons. The van der Waals surface area contributed by atoms with E-state index in [0.717, 1.165) is 6.42 Å². The van der Waals surface area contributed by atoms with Gasteiger partial charge in [-0.25, -0.2) is 0 Å². The molecule has 1 unspecified atom stereocenters. The second kappa shape index (κ2) is 10.3. The van der Waals surface area contributed by atoms with Crippen molar-refractivity contribution in [1.29, 1.82) is 0 Å². The van der Waals surface area contributed by atoms with E-state index < -0.39 is 17.7 Å². The number of ether oxygens (including phenoxy) is 3. The molecule has 3 aromatic rings. The van der Waals surface area contributed by atoms with E-state index in [9.17, 15) is 14.7 Å². The fourth-order valence-electron chi connectivity index (χ4n) is 4.19.